The van der Waals surface area contributed by atoms with Crippen LogP contribution >= 0.6 is 11.5 Å². The predicted octanol–water partition coefficient (Wildman–Crippen LogP) is 2.08. The van der Waals surface area contributed by atoms with Crippen LogP contribution in [0.1, 0.15) is 11.3 Å². The Kier molecular flexibility index (Phi) is 2.07. The lowest BCUT2D eigenvalue weighted by atomic mass is 10.2. The van der Waals surface area contributed by atoms with Gasteiger partial charge in [0.25, 0.3) is 0 Å². The molecule has 3 nitrogen and oxygen atoms in total. The van der Waals surface area contributed by atoms with Gasteiger partial charge in [-0.2, -0.15) is 13.2 Å². The number of rotatable bonds is 0. The minimum Gasteiger partial charge on any atom is -0.289 e. The van der Waals surface area contributed by atoms with E-state index in [0.29, 0.717) is 0 Å². The fourth-order valence-electron chi connectivity index (χ4n) is 1.32. The largest absolute Gasteiger partial charge is 0.433 e. The first kappa shape index (κ1) is 10.2. The molecule has 0 bridgehead atoms. The van der Waals surface area contributed by atoms with Crippen LogP contribution in [-0.4, -0.2) is 8.77 Å². The first-order valence-electron chi connectivity index (χ1n) is 3.95. The molecule has 0 aliphatic rings. The molecule has 2 heterocycles. The standard InChI is InChI=1S/C8H5F3N2OS/c1-4-5(14)2-6-12-3-15-13(6)7(4)8(9,10)11/h2-3H,1H3. The van der Waals surface area contributed by atoms with Gasteiger partial charge in [0.15, 0.2) is 11.1 Å². The molecular weight excluding hydrogens is 229 g/mol. The molecule has 2 rings (SSSR count). The van der Waals surface area contributed by atoms with Crippen LogP contribution in [0.2, 0.25) is 0 Å². The van der Waals surface area contributed by atoms with Crippen molar-refractivity contribution in [1.82, 2.24) is 8.77 Å². The van der Waals surface area contributed by atoms with E-state index in [1.807, 2.05) is 0 Å². The molecule has 0 saturated heterocycles. The molecule has 0 atom stereocenters. The topological polar surface area (TPSA) is 34.4 Å². The summed E-state index contributed by atoms with van der Waals surface area (Å²) in [6.07, 6.45) is -4.54. The molecule has 2 aromatic heterocycles. The average Bonchev–Trinajstić information content (AvgIpc) is 2.50. The predicted molar refractivity (Wildman–Crippen MR) is 49.1 cm³/mol. The van der Waals surface area contributed by atoms with Gasteiger partial charge in [-0.25, -0.2) is 8.77 Å². The van der Waals surface area contributed by atoms with Gasteiger partial charge < -0.3 is 0 Å². The minimum absolute atomic E-state index is 0.0305. The second-order valence-electron chi connectivity index (χ2n) is 2.97. The second kappa shape index (κ2) is 3.06. The highest BCUT2D eigenvalue weighted by Crippen LogP contribution is 2.31. The van der Waals surface area contributed by atoms with Gasteiger partial charge in [0.05, 0.1) is 5.51 Å². The Morgan fingerprint density at radius 2 is 2.13 bits per heavy atom. The molecule has 0 aromatic carbocycles. The molecule has 0 radical (unpaired) electrons. The summed E-state index contributed by atoms with van der Waals surface area (Å²) in [5.41, 5.74) is -0.586. The third kappa shape index (κ3) is 1.52. The molecule has 80 valence electrons. The monoisotopic (exact) mass is 234 g/mol. The van der Waals surface area contributed by atoms with Crippen molar-refractivity contribution in [3.05, 3.63) is 33.1 Å². The summed E-state index contributed by atoms with van der Waals surface area (Å²) in [6, 6.07) is 1.10. The van der Waals surface area contributed by atoms with Gasteiger partial charge in [0.2, 0.25) is 0 Å². The van der Waals surface area contributed by atoms with Gasteiger partial charge in [-0.1, -0.05) is 0 Å². The Morgan fingerprint density at radius 3 is 2.73 bits per heavy atom. The van der Waals surface area contributed by atoms with Crippen LogP contribution in [0.15, 0.2) is 16.4 Å². The maximum absolute atomic E-state index is 12.7. The molecule has 0 saturated carbocycles. The summed E-state index contributed by atoms with van der Waals surface area (Å²) < 4.78 is 38.9. The third-order valence-electron chi connectivity index (χ3n) is 2.00. The van der Waals surface area contributed by atoms with Crippen molar-refractivity contribution in [3.63, 3.8) is 0 Å². The molecule has 0 aliphatic carbocycles. The Labute approximate surface area is 85.9 Å². The highest BCUT2D eigenvalue weighted by Gasteiger charge is 2.36. The van der Waals surface area contributed by atoms with Crippen molar-refractivity contribution in [2.24, 2.45) is 0 Å². The normalized spacial score (nSPS) is 12.3. The van der Waals surface area contributed by atoms with Crippen molar-refractivity contribution in [2.75, 3.05) is 0 Å². The molecule has 7 heteroatoms. The number of fused-ring (bicyclic) bond motifs is 1. The van der Waals surface area contributed by atoms with E-state index in [4.69, 9.17) is 0 Å². The lowest BCUT2D eigenvalue weighted by Crippen LogP contribution is -2.19. The Bertz CT molecular complexity index is 569. The molecule has 2 aromatic rings. The van der Waals surface area contributed by atoms with Crippen molar-refractivity contribution >= 4 is 17.2 Å². The van der Waals surface area contributed by atoms with E-state index < -0.39 is 17.3 Å². The second-order valence-corrected chi connectivity index (χ2v) is 3.76. The average molecular weight is 234 g/mol. The van der Waals surface area contributed by atoms with Gasteiger partial charge in [0.1, 0.15) is 5.69 Å². The van der Waals surface area contributed by atoms with Gasteiger partial charge in [-0.3, -0.25) is 4.79 Å². The summed E-state index contributed by atoms with van der Waals surface area (Å²) in [6.45, 7) is 1.16. The Hall–Kier alpha value is -1.37. The number of pyridine rings is 1. The fraction of sp³-hybridized carbons (Fsp3) is 0.250. The summed E-state index contributed by atoms with van der Waals surface area (Å²) in [7, 11) is 0. The van der Waals surface area contributed by atoms with Crippen LogP contribution in [0.4, 0.5) is 13.2 Å². The smallest absolute Gasteiger partial charge is 0.289 e. The van der Waals surface area contributed by atoms with E-state index in [9.17, 15) is 18.0 Å². The zero-order valence-electron chi connectivity index (χ0n) is 7.50. The van der Waals surface area contributed by atoms with E-state index in [1.54, 1.807) is 0 Å². The molecular formula is C8H5F3N2OS. The number of halogens is 3. The van der Waals surface area contributed by atoms with Crippen LogP contribution in [0.3, 0.4) is 0 Å². The maximum Gasteiger partial charge on any atom is 0.433 e. The van der Waals surface area contributed by atoms with E-state index in [-0.39, 0.29) is 11.2 Å². The van der Waals surface area contributed by atoms with E-state index in [0.717, 1.165) is 28.3 Å². The maximum atomic E-state index is 12.7. The van der Waals surface area contributed by atoms with E-state index in [2.05, 4.69) is 4.98 Å². The highest BCUT2D eigenvalue weighted by atomic mass is 32.1. The highest BCUT2D eigenvalue weighted by molar-refractivity contribution is 7.04. The third-order valence-corrected chi connectivity index (χ3v) is 2.78. The zero-order valence-corrected chi connectivity index (χ0v) is 8.32. The number of nitrogens with zero attached hydrogens (tertiary/aromatic N) is 2. The number of alkyl halides is 3. The summed E-state index contributed by atoms with van der Waals surface area (Å²) in [5, 5.41) is 0. The van der Waals surface area contributed by atoms with Crippen molar-refractivity contribution in [3.8, 4) is 0 Å². The quantitative estimate of drug-likeness (QED) is 0.699. The minimum atomic E-state index is -4.54. The lowest BCUT2D eigenvalue weighted by molar-refractivity contribution is -0.142. The van der Waals surface area contributed by atoms with Crippen LogP contribution < -0.4 is 5.43 Å². The first-order chi connectivity index (χ1) is 6.91. The zero-order chi connectivity index (χ0) is 11.2. The molecule has 0 N–H and O–H groups in total. The SMILES string of the molecule is Cc1c(C(F)(F)F)n2scnc2cc1=O. The summed E-state index contributed by atoms with van der Waals surface area (Å²) in [4.78, 5) is 14.9. The lowest BCUT2D eigenvalue weighted by Gasteiger charge is -2.10. The first-order valence-corrected chi connectivity index (χ1v) is 4.78. The van der Waals surface area contributed by atoms with Crippen molar-refractivity contribution in [2.45, 2.75) is 13.1 Å². The number of aromatic nitrogens is 2. The van der Waals surface area contributed by atoms with Crippen LogP contribution in [0.25, 0.3) is 5.65 Å². The van der Waals surface area contributed by atoms with Gasteiger partial charge in [-0.15, -0.1) is 0 Å². The summed E-state index contributed by atoms with van der Waals surface area (Å²) in [5.74, 6) is 0. The van der Waals surface area contributed by atoms with Gasteiger partial charge in [-0.05, 0) is 18.5 Å². The number of hydrogen-bond acceptors (Lipinski definition) is 3. The molecule has 0 fully saturated rings. The van der Waals surface area contributed by atoms with Gasteiger partial charge >= 0.3 is 6.18 Å². The van der Waals surface area contributed by atoms with Crippen molar-refractivity contribution < 1.29 is 13.2 Å². The van der Waals surface area contributed by atoms with Crippen LogP contribution in [-0.2, 0) is 6.18 Å². The fourth-order valence-corrected chi connectivity index (χ4v) is 2.12. The Morgan fingerprint density at radius 1 is 1.47 bits per heavy atom. The molecule has 15 heavy (non-hydrogen) atoms. The number of hydrogen-bond donors (Lipinski definition) is 0. The van der Waals surface area contributed by atoms with Crippen LogP contribution in [0, 0.1) is 6.92 Å². The van der Waals surface area contributed by atoms with Crippen LogP contribution in [0.5, 0.6) is 0 Å². The molecule has 0 amide bonds. The molecule has 0 unspecified atom stereocenters. The summed E-state index contributed by atoms with van der Waals surface area (Å²) >= 11 is 0.810. The van der Waals surface area contributed by atoms with E-state index in [1.165, 1.54) is 5.51 Å². The molecule has 0 spiro atoms. The van der Waals surface area contributed by atoms with Crippen molar-refractivity contribution in [1.29, 1.82) is 0 Å². The van der Waals surface area contributed by atoms with Gasteiger partial charge in [0, 0.05) is 11.6 Å². The molecule has 0 aliphatic heterocycles. The van der Waals surface area contributed by atoms with E-state index >= 15 is 0 Å². The Balaban J connectivity index is 2.96.